The van der Waals surface area contributed by atoms with Crippen LogP contribution in [0.3, 0.4) is 0 Å². The van der Waals surface area contributed by atoms with Crippen molar-refractivity contribution in [3.8, 4) is 0 Å². The summed E-state index contributed by atoms with van der Waals surface area (Å²) in [4.78, 5) is 10.9. The molecule has 0 fully saturated rings. The van der Waals surface area contributed by atoms with Crippen LogP contribution in [0.15, 0.2) is 46.9 Å². The van der Waals surface area contributed by atoms with E-state index in [1.165, 1.54) is 12.1 Å². The van der Waals surface area contributed by atoms with Gasteiger partial charge in [0.1, 0.15) is 5.82 Å². The quantitative estimate of drug-likeness (QED) is 0.868. The Morgan fingerprint density at radius 2 is 1.90 bits per heavy atom. The van der Waals surface area contributed by atoms with Gasteiger partial charge in [0.05, 0.1) is 5.56 Å². The van der Waals surface area contributed by atoms with Gasteiger partial charge in [-0.15, -0.1) is 0 Å². The molecule has 3 nitrogen and oxygen atoms in total. The van der Waals surface area contributed by atoms with E-state index in [4.69, 9.17) is 5.11 Å². The summed E-state index contributed by atoms with van der Waals surface area (Å²) in [6.07, 6.45) is 0.731. The summed E-state index contributed by atoms with van der Waals surface area (Å²) in [5, 5.41) is 12.1. The number of rotatable bonds is 5. The van der Waals surface area contributed by atoms with E-state index in [1.807, 2.05) is 6.07 Å². The topological polar surface area (TPSA) is 49.3 Å². The summed E-state index contributed by atoms with van der Waals surface area (Å²) >= 11 is 3.28. The minimum atomic E-state index is -0.965. The van der Waals surface area contributed by atoms with Gasteiger partial charge in [-0.25, -0.2) is 9.18 Å². The van der Waals surface area contributed by atoms with Crippen LogP contribution in [-0.2, 0) is 6.42 Å². The Bertz CT molecular complexity index is 614. The Morgan fingerprint density at radius 1 is 1.20 bits per heavy atom. The summed E-state index contributed by atoms with van der Waals surface area (Å²) in [5.41, 5.74) is 1.98. The molecule has 2 aromatic carbocycles. The van der Waals surface area contributed by atoms with Crippen molar-refractivity contribution >= 4 is 27.6 Å². The van der Waals surface area contributed by atoms with Gasteiger partial charge in [0.15, 0.2) is 0 Å². The van der Waals surface area contributed by atoms with Crippen LogP contribution >= 0.6 is 15.9 Å². The predicted molar refractivity (Wildman–Crippen MR) is 79.7 cm³/mol. The van der Waals surface area contributed by atoms with Crippen molar-refractivity contribution in [2.75, 3.05) is 11.9 Å². The molecule has 0 aliphatic heterocycles. The Morgan fingerprint density at radius 3 is 2.55 bits per heavy atom. The molecule has 0 unspecified atom stereocenters. The van der Waals surface area contributed by atoms with Gasteiger partial charge >= 0.3 is 5.97 Å². The number of carboxylic acid groups (broad SMARTS) is 1. The van der Waals surface area contributed by atoms with E-state index in [1.54, 1.807) is 24.3 Å². The van der Waals surface area contributed by atoms with Gasteiger partial charge in [0.25, 0.3) is 0 Å². The van der Waals surface area contributed by atoms with Crippen molar-refractivity contribution in [2.45, 2.75) is 6.42 Å². The molecule has 0 radical (unpaired) electrons. The first-order valence-electron chi connectivity index (χ1n) is 6.07. The third kappa shape index (κ3) is 4.06. The van der Waals surface area contributed by atoms with E-state index < -0.39 is 5.97 Å². The second kappa shape index (κ2) is 6.52. The second-order valence-corrected chi connectivity index (χ2v) is 5.25. The van der Waals surface area contributed by atoms with Crippen molar-refractivity contribution in [3.05, 3.63) is 63.9 Å². The normalized spacial score (nSPS) is 10.3. The molecule has 20 heavy (non-hydrogen) atoms. The van der Waals surface area contributed by atoms with Gasteiger partial charge in [0, 0.05) is 16.7 Å². The number of nitrogens with one attached hydrogen (secondary N) is 1. The Kier molecular flexibility index (Phi) is 4.74. The summed E-state index contributed by atoms with van der Waals surface area (Å²) < 4.78 is 13.5. The number of carbonyl (C=O) groups is 1. The van der Waals surface area contributed by atoms with Crippen LogP contribution in [0.2, 0.25) is 0 Å². The number of hydrogen-bond acceptors (Lipinski definition) is 2. The lowest BCUT2D eigenvalue weighted by atomic mass is 10.1. The third-order valence-corrected chi connectivity index (χ3v) is 3.26. The van der Waals surface area contributed by atoms with Crippen LogP contribution in [0.5, 0.6) is 0 Å². The zero-order valence-corrected chi connectivity index (χ0v) is 12.2. The highest BCUT2D eigenvalue weighted by Gasteiger charge is 2.05. The van der Waals surface area contributed by atoms with E-state index in [9.17, 15) is 9.18 Å². The maximum atomic E-state index is 12.8. The Hall–Kier alpha value is -1.88. The van der Waals surface area contributed by atoms with Gasteiger partial charge in [-0.2, -0.15) is 0 Å². The minimum absolute atomic E-state index is 0.226. The summed E-state index contributed by atoms with van der Waals surface area (Å²) in [6, 6.07) is 11.3. The molecule has 0 aromatic heterocycles. The Balaban J connectivity index is 1.97. The first kappa shape index (κ1) is 14.5. The molecule has 0 atom stereocenters. The average Bonchev–Trinajstić information content (AvgIpc) is 2.40. The molecule has 2 N–H and O–H groups in total. The Labute approximate surface area is 124 Å². The number of hydrogen-bond donors (Lipinski definition) is 2. The van der Waals surface area contributed by atoms with Crippen LogP contribution in [0.1, 0.15) is 15.9 Å². The molecule has 104 valence electrons. The van der Waals surface area contributed by atoms with Crippen LogP contribution < -0.4 is 5.32 Å². The van der Waals surface area contributed by atoms with E-state index in [0.29, 0.717) is 11.0 Å². The number of benzene rings is 2. The fourth-order valence-electron chi connectivity index (χ4n) is 1.82. The lowest BCUT2D eigenvalue weighted by Gasteiger charge is -2.08. The second-order valence-electron chi connectivity index (χ2n) is 4.34. The lowest BCUT2D eigenvalue weighted by Crippen LogP contribution is -2.06. The molecule has 0 spiro atoms. The van der Waals surface area contributed by atoms with Gasteiger partial charge < -0.3 is 10.4 Å². The van der Waals surface area contributed by atoms with Crippen molar-refractivity contribution in [1.29, 1.82) is 0 Å². The maximum absolute atomic E-state index is 12.8. The first-order valence-corrected chi connectivity index (χ1v) is 6.86. The molecule has 2 aromatic rings. The summed E-state index contributed by atoms with van der Waals surface area (Å²) in [7, 11) is 0. The fraction of sp³-hybridized carbons (Fsp3) is 0.133. The molecule has 0 heterocycles. The molecular weight excluding hydrogens is 325 g/mol. The highest BCUT2D eigenvalue weighted by Crippen LogP contribution is 2.19. The highest BCUT2D eigenvalue weighted by molar-refractivity contribution is 9.10. The SMILES string of the molecule is O=C(O)c1cc(Br)cc(NCCc2ccc(F)cc2)c1. The van der Waals surface area contributed by atoms with Gasteiger partial charge in [-0.1, -0.05) is 28.1 Å². The third-order valence-electron chi connectivity index (χ3n) is 2.80. The van der Waals surface area contributed by atoms with E-state index in [2.05, 4.69) is 21.2 Å². The molecule has 0 saturated heterocycles. The van der Waals surface area contributed by atoms with Crippen LogP contribution in [-0.4, -0.2) is 17.6 Å². The standard InChI is InChI=1S/C15H13BrFNO2/c16-12-7-11(15(19)20)8-14(9-12)18-6-5-10-1-3-13(17)4-2-10/h1-4,7-9,18H,5-6H2,(H,19,20). The van der Waals surface area contributed by atoms with Crippen molar-refractivity contribution in [2.24, 2.45) is 0 Å². The van der Waals surface area contributed by atoms with E-state index in [0.717, 1.165) is 17.7 Å². The fourth-order valence-corrected chi connectivity index (χ4v) is 2.31. The smallest absolute Gasteiger partial charge is 0.335 e. The largest absolute Gasteiger partial charge is 0.478 e. The summed E-state index contributed by atoms with van der Waals surface area (Å²) in [6.45, 7) is 0.640. The number of aromatic carboxylic acids is 1. The maximum Gasteiger partial charge on any atom is 0.335 e. The van der Waals surface area contributed by atoms with Crippen molar-refractivity contribution < 1.29 is 14.3 Å². The number of halogens is 2. The highest BCUT2D eigenvalue weighted by atomic mass is 79.9. The molecule has 0 aliphatic carbocycles. The van der Waals surface area contributed by atoms with Crippen molar-refractivity contribution in [1.82, 2.24) is 0 Å². The monoisotopic (exact) mass is 337 g/mol. The minimum Gasteiger partial charge on any atom is -0.478 e. The van der Waals surface area contributed by atoms with Crippen molar-refractivity contribution in [3.63, 3.8) is 0 Å². The number of anilines is 1. The van der Waals surface area contributed by atoms with Crippen LogP contribution in [0.4, 0.5) is 10.1 Å². The predicted octanol–water partition coefficient (Wildman–Crippen LogP) is 3.94. The van der Waals surface area contributed by atoms with Crippen LogP contribution in [0, 0.1) is 5.82 Å². The molecular formula is C15H13BrFNO2. The van der Waals surface area contributed by atoms with E-state index in [-0.39, 0.29) is 11.4 Å². The van der Waals surface area contributed by atoms with Gasteiger partial charge in [-0.05, 0) is 42.3 Å². The molecule has 0 aliphatic rings. The zero-order valence-electron chi connectivity index (χ0n) is 10.6. The zero-order chi connectivity index (χ0) is 14.5. The average molecular weight is 338 g/mol. The van der Waals surface area contributed by atoms with Gasteiger partial charge in [0.2, 0.25) is 0 Å². The lowest BCUT2D eigenvalue weighted by molar-refractivity contribution is 0.0697. The first-order chi connectivity index (χ1) is 9.54. The molecule has 0 saturated carbocycles. The molecule has 5 heteroatoms. The van der Waals surface area contributed by atoms with E-state index >= 15 is 0 Å². The summed E-state index contributed by atoms with van der Waals surface area (Å²) in [5.74, 6) is -1.22. The number of carboxylic acids is 1. The molecule has 2 rings (SSSR count). The van der Waals surface area contributed by atoms with Gasteiger partial charge in [-0.3, -0.25) is 0 Å². The molecule has 0 amide bonds. The molecule has 0 bridgehead atoms. The van der Waals surface area contributed by atoms with Crippen LogP contribution in [0.25, 0.3) is 0 Å².